The van der Waals surface area contributed by atoms with Crippen molar-refractivity contribution in [3.63, 3.8) is 0 Å². The molecule has 0 aliphatic heterocycles. The van der Waals surface area contributed by atoms with Crippen molar-refractivity contribution in [2.24, 2.45) is 0 Å². The third-order valence-electron chi connectivity index (χ3n) is 1.71. The van der Waals surface area contributed by atoms with Gasteiger partial charge in [-0.25, -0.2) is 21.9 Å². The Morgan fingerprint density at radius 3 is 2.69 bits per heavy atom. The van der Waals surface area contributed by atoms with Crippen LogP contribution in [0.1, 0.15) is 6.42 Å². The molecule has 16 heavy (non-hydrogen) atoms. The highest BCUT2D eigenvalue weighted by atomic mass is 32.2. The molecule has 1 aromatic carbocycles. The number of sulfonamides is 1. The summed E-state index contributed by atoms with van der Waals surface area (Å²) in [5.74, 6) is -1.88. The van der Waals surface area contributed by atoms with Gasteiger partial charge in [-0.2, -0.15) is 5.26 Å². The summed E-state index contributed by atoms with van der Waals surface area (Å²) in [6.07, 6.45) is -0.0455. The van der Waals surface area contributed by atoms with Gasteiger partial charge in [0.05, 0.1) is 6.07 Å². The highest BCUT2D eigenvalue weighted by Gasteiger charge is 2.19. The molecule has 1 rings (SSSR count). The molecule has 0 unspecified atom stereocenters. The Morgan fingerprint density at radius 2 is 2.06 bits per heavy atom. The number of nitrogens with zero attached hydrogens (tertiary/aromatic N) is 1. The Morgan fingerprint density at radius 1 is 1.38 bits per heavy atom. The summed E-state index contributed by atoms with van der Waals surface area (Å²) >= 11 is 0. The van der Waals surface area contributed by atoms with E-state index >= 15 is 0 Å². The molecule has 0 bridgehead atoms. The van der Waals surface area contributed by atoms with Crippen LogP contribution in [0.5, 0.6) is 0 Å². The number of hydrogen-bond acceptors (Lipinski definition) is 3. The first-order valence-corrected chi connectivity index (χ1v) is 5.77. The van der Waals surface area contributed by atoms with Crippen molar-refractivity contribution < 1.29 is 17.2 Å². The molecule has 4 nitrogen and oxygen atoms in total. The Labute approximate surface area is 91.6 Å². The maximum atomic E-state index is 13.1. The van der Waals surface area contributed by atoms with Crippen molar-refractivity contribution in [1.29, 1.82) is 5.26 Å². The van der Waals surface area contributed by atoms with E-state index in [2.05, 4.69) is 0 Å². The molecule has 0 amide bonds. The molecule has 0 heterocycles. The second kappa shape index (κ2) is 5.01. The topological polar surface area (TPSA) is 70.0 Å². The van der Waals surface area contributed by atoms with E-state index < -0.39 is 26.6 Å². The maximum Gasteiger partial charge on any atom is 0.243 e. The van der Waals surface area contributed by atoms with Crippen molar-refractivity contribution in [1.82, 2.24) is 4.72 Å². The first-order valence-electron chi connectivity index (χ1n) is 4.29. The molecule has 0 spiro atoms. The molecule has 0 fully saturated rings. The Bertz CT molecular complexity index is 523. The summed E-state index contributed by atoms with van der Waals surface area (Å²) in [4.78, 5) is -0.759. The Balaban J connectivity index is 2.99. The predicted octanol–water partition coefficient (Wildman–Crippen LogP) is 1.16. The fraction of sp³-hybridized carbons (Fsp3) is 0.222. The summed E-state index contributed by atoms with van der Waals surface area (Å²) in [6, 6.07) is 3.86. The second-order valence-electron chi connectivity index (χ2n) is 2.88. The summed E-state index contributed by atoms with van der Waals surface area (Å²) in [5, 5.41) is 8.21. The minimum absolute atomic E-state index is 0.0455. The first-order chi connectivity index (χ1) is 7.47. The molecule has 0 aliphatic carbocycles. The minimum Gasteiger partial charge on any atom is -0.210 e. The van der Waals surface area contributed by atoms with Crippen LogP contribution in [0.3, 0.4) is 0 Å². The molecule has 1 N–H and O–H groups in total. The lowest BCUT2D eigenvalue weighted by Crippen LogP contribution is -2.25. The monoisotopic (exact) mass is 246 g/mol. The average Bonchev–Trinajstić information content (AvgIpc) is 2.22. The standard InChI is InChI=1S/C9H8F2N2O2S/c10-7-2-3-8(11)9(6-7)16(14,15)13-5-1-4-12/h2-3,6,13H,1,5H2. The maximum absolute atomic E-state index is 13.1. The van der Waals surface area contributed by atoms with Crippen LogP contribution in [-0.4, -0.2) is 15.0 Å². The number of halogens is 2. The zero-order valence-corrected chi connectivity index (χ0v) is 8.89. The molecule has 0 radical (unpaired) electrons. The molecule has 0 saturated carbocycles. The van der Waals surface area contributed by atoms with Crippen LogP contribution in [0.25, 0.3) is 0 Å². The summed E-state index contributed by atoms with van der Waals surface area (Å²) < 4.78 is 50.8. The summed E-state index contributed by atoms with van der Waals surface area (Å²) in [7, 11) is -4.10. The molecular formula is C9H8F2N2O2S. The summed E-state index contributed by atoms with van der Waals surface area (Å²) in [6.45, 7) is -0.144. The lowest BCUT2D eigenvalue weighted by Gasteiger charge is -2.05. The number of hydrogen-bond donors (Lipinski definition) is 1. The van der Waals surface area contributed by atoms with E-state index in [1.807, 2.05) is 4.72 Å². The van der Waals surface area contributed by atoms with Crippen molar-refractivity contribution in [3.05, 3.63) is 29.8 Å². The van der Waals surface area contributed by atoms with Gasteiger partial charge in [0.1, 0.15) is 16.5 Å². The fourth-order valence-electron chi connectivity index (χ4n) is 1.00. The quantitative estimate of drug-likeness (QED) is 0.810. The highest BCUT2D eigenvalue weighted by Crippen LogP contribution is 2.15. The molecule has 7 heteroatoms. The van der Waals surface area contributed by atoms with E-state index in [-0.39, 0.29) is 13.0 Å². The van der Waals surface area contributed by atoms with Crippen molar-refractivity contribution >= 4 is 10.0 Å². The highest BCUT2D eigenvalue weighted by molar-refractivity contribution is 7.89. The molecule has 86 valence electrons. The lowest BCUT2D eigenvalue weighted by molar-refractivity contribution is 0.546. The van der Waals surface area contributed by atoms with Gasteiger partial charge >= 0.3 is 0 Å². The molecule has 0 saturated heterocycles. The smallest absolute Gasteiger partial charge is 0.210 e. The number of nitrogens with one attached hydrogen (secondary N) is 1. The SMILES string of the molecule is N#CCCNS(=O)(=O)c1cc(F)ccc1F. The van der Waals surface area contributed by atoms with Gasteiger partial charge in [-0.3, -0.25) is 0 Å². The first kappa shape index (κ1) is 12.5. The largest absolute Gasteiger partial charge is 0.243 e. The fourth-order valence-corrected chi connectivity index (χ4v) is 2.12. The second-order valence-corrected chi connectivity index (χ2v) is 4.62. The van der Waals surface area contributed by atoms with Crippen LogP contribution in [0, 0.1) is 23.0 Å². The van der Waals surface area contributed by atoms with Gasteiger partial charge in [-0.05, 0) is 18.2 Å². The van der Waals surface area contributed by atoms with E-state index in [9.17, 15) is 17.2 Å². The molecule has 0 aliphatic rings. The molecular weight excluding hydrogens is 238 g/mol. The predicted molar refractivity (Wildman–Crippen MR) is 51.8 cm³/mol. The van der Waals surface area contributed by atoms with Crippen molar-refractivity contribution in [2.45, 2.75) is 11.3 Å². The molecule has 0 atom stereocenters. The van der Waals surface area contributed by atoms with Gasteiger partial charge in [0.15, 0.2) is 0 Å². The van der Waals surface area contributed by atoms with Gasteiger partial charge in [-0.1, -0.05) is 0 Å². The minimum atomic E-state index is -4.10. The summed E-state index contributed by atoms with van der Waals surface area (Å²) in [5.41, 5.74) is 0. The van der Waals surface area contributed by atoms with Gasteiger partial charge in [0.2, 0.25) is 10.0 Å². The van der Waals surface area contributed by atoms with Crippen LogP contribution < -0.4 is 4.72 Å². The number of rotatable bonds is 4. The van der Waals surface area contributed by atoms with Crippen LogP contribution in [0.15, 0.2) is 23.1 Å². The normalized spacial score (nSPS) is 11.1. The molecule has 1 aromatic rings. The van der Waals surface area contributed by atoms with Crippen molar-refractivity contribution in [3.8, 4) is 6.07 Å². The Hall–Kier alpha value is -1.52. The number of nitriles is 1. The van der Waals surface area contributed by atoms with E-state index in [1.165, 1.54) is 0 Å². The van der Waals surface area contributed by atoms with Crippen LogP contribution in [0.4, 0.5) is 8.78 Å². The van der Waals surface area contributed by atoms with Gasteiger partial charge in [0.25, 0.3) is 0 Å². The van der Waals surface area contributed by atoms with Gasteiger partial charge in [-0.15, -0.1) is 0 Å². The third kappa shape index (κ3) is 2.98. The Kier molecular flexibility index (Phi) is 3.93. The van der Waals surface area contributed by atoms with E-state index in [0.29, 0.717) is 6.07 Å². The van der Waals surface area contributed by atoms with Gasteiger partial charge in [0, 0.05) is 13.0 Å². The lowest BCUT2D eigenvalue weighted by atomic mass is 10.3. The van der Waals surface area contributed by atoms with Crippen molar-refractivity contribution in [2.75, 3.05) is 6.54 Å². The number of benzene rings is 1. The van der Waals surface area contributed by atoms with E-state index in [4.69, 9.17) is 5.26 Å². The zero-order valence-electron chi connectivity index (χ0n) is 8.07. The van der Waals surface area contributed by atoms with Gasteiger partial charge < -0.3 is 0 Å². The zero-order chi connectivity index (χ0) is 12.2. The van der Waals surface area contributed by atoms with Crippen LogP contribution >= 0.6 is 0 Å². The average molecular weight is 246 g/mol. The van der Waals surface area contributed by atoms with E-state index in [0.717, 1.165) is 12.1 Å². The van der Waals surface area contributed by atoms with Crippen LogP contribution in [-0.2, 0) is 10.0 Å². The van der Waals surface area contributed by atoms with Crippen LogP contribution in [0.2, 0.25) is 0 Å². The molecule has 0 aromatic heterocycles. The van der Waals surface area contributed by atoms with E-state index in [1.54, 1.807) is 6.07 Å². The third-order valence-corrected chi connectivity index (χ3v) is 3.19.